The van der Waals surface area contributed by atoms with Crippen molar-refractivity contribution in [2.24, 2.45) is 0 Å². The van der Waals surface area contributed by atoms with Gasteiger partial charge in [0, 0.05) is 46.2 Å². The Kier molecular flexibility index (Phi) is 6.76. The number of fused-ring (bicyclic) bond motifs is 4. The van der Waals surface area contributed by atoms with Crippen molar-refractivity contribution in [3.05, 3.63) is 170 Å². The average Bonchev–Trinajstić information content (AvgIpc) is 3.18. The highest BCUT2D eigenvalue weighted by molar-refractivity contribution is 6.08. The van der Waals surface area contributed by atoms with Gasteiger partial charge in [-0.05, 0) is 62.5 Å². The van der Waals surface area contributed by atoms with Gasteiger partial charge in [0.25, 0.3) is 0 Å². The lowest BCUT2D eigenvalue weighted by Crippen LogP contribution is -1.96. The van der Waals surface area contributed by atoms with Gasteiger partial charge in [-0.3, -0.25) is 9.97 Å². The number of benzene rings is 6. The van der Waals surface area contributed by atoms with Gasteiger partial charge >= 0.3 is 0 Å². The minimum absolute atomic E-state index is 0.691. The molecular formula is C44H28N4. The summed E-state index contributed by atoms with van der Waals surface area (Å²) in [5.74, 6) is 0.691. The van der Waals surface area contributed by atoms with Crippen molar-refractivity contribution in [3.8, 4) is 56.2 Å². The molecule has 0 bridgehead atoms. The lowest BCUT2D eigenvalue weighted by Gasteiger charge is -2.12. The van der Waals surface area contributed by atoms with Gasteiger partial charge in [-0.25, -0.2) is 9.97 Å². The number of hydrogen-bond acceptors (Lipinski definition) is 4. The first-order valence-corrected chi connectivity index (χ1v) is 16.0. The van der Waals surface area contributed by atoms with Crippen molar-refractivity contribution >= 4 is 32.4 Å². The molecule has 0 spiro atoms. The van der Waals surface area contributed by atoms with Gasteiger partial charge in [0.1, 0.15) is 0 Å². The van der Waals surface area contributed by atoms with Crippen LogP contribution < -0.4 is 0 Å². The van der Waals surface area contributed by atoms with Gasteiger partial charge in [-0.15, -0.1) is 0 Å². The maximum absolute atomic E-state index is 5.17. The van der Waals surface area contributed by atoms with E-state index in [-0.39, 0.29) is 0 Å². The van der Waals surface area contributed by atoms with Crippen LogP contribution in [0, 0.1) is 0 Å². The molecule has 0 unspecified atom stereocenters. The van der Waals surface area contributed by atoms with E-state index in [4.69, 9.17) is 9.97 Å². The zero-order valence-electron chi connectivity index (χ0n) is 26.0. The third-order valence-electron chi connectivity index (χ3n) is 9.03. The molecule has 0 fully saturated rings. The number of rotatable bonds is 5. The molecule has 0 atom stereocenters. The van der Waals surface area contributed by atoms with Crippen molar-refractivity contribution in [2.45, 2.75) is 0 Å². The summed E-state index contributed by atoms with van der Waals surface area (Å²) in [6.45, 7) is 0. The van der Waals surface area contributed by atoms with Crippen molar-refractivity contribution in [1.29, 1.82) is 0 Å². The molecule has 4 heteroatoms. The van der Waals surface area contributed by atoms with E-state index in [2.05, 4.69) is 149 Å². The van der Waals surface area contributed by atoms with E-state index in [1.54, 1.807) is 6.20 Å². The van der Waals surface area contributed by atoms with Crippen LogP contribution in [0.2, 0.25) is 0 Å². The van der Waals surface area contributed by atoms with Crippen molar-refractivity contribution in [2.75, 3.05) is 0 Å². The van der Waals surface area contributed by atoms with E-state index in [1.807, 2.05) is 24.5 Å². The van der Waals surface area contributed by atoms with Gasteiger partial charge in [-0.1, -0.05) is 127 Å². The molecule has 3 aromatic heterocycles. The Morgan fingerprint density at radius 1 is 0.375 bits per heavy atom. The first-order valence-electron chi connectivity index (χ1n) is 16.0. The smallest absolute Gasteiger partial charge is 0.160 e. The van der Waals surface area contributed by atoms with E-state index >= 15 is 0 Å². The third kappa shape index (κ3) is 5.06. The second-order valence-electron chi connectivity index (χ2n) is 12.0. The highest BCUT2D eigenvalue weighted by Crippen LogP contribution is 2.34. The van der Waals surface area contributed by atoms with E-state index in [9.17, 15) is 0 Å². The number of aromatic nitrogens is 4. The van der Waals surface area contributed by atoms with Gasteiger partial charge in [0.15, 0.2) is 5.82 Å². The number of pyridine rings is 2. The summed E-state index contributed by atoms with van der Waals surface area (Å²) in [5, 5.41) is 5.95. The molecule has 0 amide bonds. The molecule has 0 aliphatic rings. The molecule has 0 aliphatic carbocycles. The monoisotopic (exact) mass is 612 g/mol. The number of nitrogens with zero attached hydrogens (tertiary/aromatic N) is 4. The van der Waals surface area contributed by atoms with Crippen molar-refractivity contribution < 1.29 is 0 Å². The van der Waals surface area contributed by atoms with Crippen LogP contribution in [0.15, 0.2) is 170 Å². The second-order valence-corrected chi connectivity index (χ2v) is 12.0. The van der Waals surface area contributed by atoms with Crippen molar-refractivity contribution in [3.63, 3.8) is 0 Å². The standard InChI is InChI=1S/C44H28N4/c1-2-10-38-30(6-1)14-15-32-18-23-36(26-40(32)38)44-47-41(33-19-12-29(13-20-33)37-9-4-24-45-28-37)27-42(48-44)34-21-16-31(17-22-34)39-11-3-7-35-8-5-25-46-43(35)39/h1-28H. The molecule has 0 N–H and O–H groups in total. The quantitative estimate of drug-likeness (QED) is 0.181. The average molecular weight is 613 g/mol. The molecule has 9 aromatic rings. The van der Waals surface area contributed by atoms with Crippen LogP contribution in [-0.4, -0.2) is 19.9 Å². The fourth-order valence-corrected chi connectivity index (χ4v) is 6.54. The Bertz CT molecular complexity index is 2590. The summed E-state index contributed by atoms with van der Waals surface area (Å²) in [6.07, 6.45) is 5.53. The first-order chi connectivity index (χ1) is 23.8. The first kappa shape index (κ1) is 27.8. The highest BCUT2D eigenvalue weighted by Gasteiger charge is 2.13. The van der Waals surface area contributed by atoms with E-state index < -0.39 is 0 Å². The Morgan fingerprint density at radius 3 is 1.77 bits per heavy atom. The van der Waals surface area contributed by atoms with Crippen LogP contribution in [0.1, 0.15) is 0 Å². The maximum Gasteiger partial charge on any atom is 0.160 e. The lowest BCUT2D eigenvalue weighted by atomic mass is 9.98. The highest BCUT2D eigenvalue weighted by atomic mass is 14.9. The van der Waals surface area contributed by atoms with Gasteiger partial charge in [0.2, 0.25) is 0 Å². The molecule has 224 valence electrons. The molecular weight excluding hydrogens is 585 g/mol. The Labute approximate surface area is 278 Å². The predicted molar refractivity (Wildman–Crippen MR) is 197 cm³/mol. The van der Waals surface area contributed by atoms with Crippen LogP contribution in [-0.2, 0) is 0 Å². The van der Waals surface area contributed by atoms with Gasteiger partial charge < -0.3 is 0 Å². The molecule has 0 radical (unpaired) electrons. The zero-order valence-corrected chi connectivity index (χ0v) is 26.0. The summed E-state index contributed by atoms with van der Waals surface area (Å²) in [7, 11) is 0. The topological polar surface area (TPSA) is 51.6 Å². The SMILES string of the molecule is c1cncc(-c2ccc(-c3cc(-c4ccc(-c5cccc6cccnc56)cc4)nc(-c4ccc5ccc6ccccc6c5c4)n3)cc2)c1. The third-order valence-corrected chi connectivity index (χ3v) is 9.03. The van der Waals surface area contributed by atoms with Crippen LogP contribution in [0.25, 0.3) is 88.6 Å². The predicted octanol–water partition coefficient (Wildman–Crippen LogP) is 11.1. The fourth-order valence-electron chi connectivity index (χ4n) is 6.54. The second kappa shape index (κ2) is 11.7. The molecule has 9 rings (SSSR count). The maximum atomic E-state index is 5.17. The summed E-state index contributed by atoms with van der Waals surface area (Å²) < 4.78 is 0. The summed E-state index contributed by atoms with van der Waals surface area (Å²) in [5.41, 5.74) is 10.2. The molecule has 0 aliphatic heterocycles. The molecule has 3 heterocycles. The van der Waals surface area contributed by atoms with Gasteiger partial charge in [-0.2, -0.15) is 0 Å². The zero-order chi connectivity index (χ0) is 31.9. The molecule has 6 aromatic carbocycles. The van der Waals surface area contributed by atoms with Crippen molar-refractivity contribution in [1.82, 2.24) is 19.9 Å². The minimum Gasteiger partial charge on any atom is -0.264 e. The Hall–Kier alpha value is -6.52. The number of hydrogen-bond donors (Lipinski definition) is 0. The van der Waals surface area contributed by atoms with E-state index in [0.717, 1.165) is 61.2 Å². The van der Waals surface area contributed by atoms with Crippen LogP contribution in [0.5, 0.6) is 0 Å². The molecule has 4 nitrogen and oxygen atoms in total. The van der Waals surface area contributed by atoms with E-state index in [1.165, 1.54) is 21.5 Å². The fraction of sp³-hybridized carbons (Fsp3) is 0. The normalized spacial score (nSPS) is 11.3. The largest absolute Gasteiger partial charge is 0.264 e. The summed E-state index contributed by atoms with van der Waals surface area (Å²) in [4.78, 5) is 19.3. The van der Waals surface area contributed by atoms with Gasteiger partial charge in [0.05, 0.1) is 16.9 Å². The number of para-hydroxylation sites is 1. The Balaban J connectivity index is 1.17. The Morgan fingerprint density at radius 2 is 1.00 bits per heavy atom. The molecule has 0 saturated heterocycles. The molecule has 48 heavy (non-hydrogen) atoms. The van der Waals surface area contributed by atoms with Crippen LogP contribution in [0.4, 0.5) is 0 Å². The van der Waals surface area contributed by atoms with E-state index in [0.29, 0.717) is 5.82 Å². The minimum atomic E-state index is 0.691. The summed E-state index contributed by atoms with van der Waals surface area (Å²) >= 11 is 0. The van der Waals surface area contributed by atoms with Crippen LogP contribution >= 0.6 is 0 Å². The van der Waals surface area contributed by atoms with Crippen LogP contribution in [0.3, 0.4) is 0 Å². The molecule has 0 saturated carbocycles. The lowest BCUT2D eigenvalue weighted by molar-refractivity contribution is 1.18. The summed E-state index contributed by atoms with van der Waals surface area (Å²) in [6, 6.07) is 53.0.